The van der Waals surface area contributed by atoms with Gasteiger partial charge in [-0.05, 0) is 82.0 Å². The molecule has 6 heteroatoms. The van der Waals surface area contributed by atoms with Gasteiger partial charge >= 0.3 is 5.97 Å². The highest BCUT2D eigenvalue weighted by molar-refractivity contribution is 6.00. The molecule has 0 amide bonds. The predicted molar refractivity (Wildman–Crippen MR) is 151 cm³/mol. The van der Waals surface area contributed by atoms with Gasteiger partial charge in [-0.2, -0.15) is 0 Å². The molecule has 2 aliphatic heterocycles. The number of hydrogen-bond acceptors (Lipinski definition) is 6. The van der Waals surface area contributed by atoms with E-state index in [1.807, 2.05) is 18.2 Å². The van der Waals surface area contributed by atoms with Gasteiger partial charge in [-0.1, -0.05) is 43.5 Å². The molecule has 0 saturated heterocycles. The summed E-state index contributed by atoms with van der Waals surface area (Å²) in [6.07, 6.45) is 3.03. The van der Waals surface area contributed by atoms with Gasteiger partial charge in [0.15, 0.2) is 5.75 Å². The van der Waals surface area contributed by atoms with E-state index < -0.39 is 23.5 Å². The Morgan fingerprint density at radius 3 is 2.38 bits per heavy atom. The first kappa shape index (κ1) is 27.1. The number of rotatable bonds is 8. The van der Waals surface area contributed by atoms with Crippen molar-refractivity contribution in [2.75, 3.05) is 7.11 Å². The van der Waals surface area contributed by atoms with Crippen molar-refractivity contribution < 1.29 is 28.8 Å². The van der Waals surface area contributed by atoms with Crippen molar-refractivity contribution >= 4 is 5.97 Å². The lowest BCUT2D eigenvalue weighted by Crippen LogP contribution is -2.45. The van der Waals surface area contributed by atoms with E-state index in [9.17, 15) is 9.90 Å². The zero-order valence-electron chi connectivity index (χ0n) is 23.7. The van der Waals surface area contributed by atoms with Crippen LogP contribution in [-0.2, 0) is 22.5 Å². The maximum atomic E-state index is 14.0. The summed E-state index contributed by atoms with van der Waals surface area (Å²) in [6.45, 7) is 10.00. The smallest absolute Gasteiger partial charge is 0.345 e. The topological polar surface area (TPSA) is 74.2 Å². The molecule has 5 rings (SSSR count). The van der Waals surface area contributed by atoms with Gasteiger partial charge in [-0.3, -0.25) is 0 Å². The minimum absolute atomic E-state index is 0.0619. The van der Waals surface area contributed by atoms with Crippen molar-refractivity contribution in [3.63, 3.8) is 0 Å². The number of cyclic esters (lactones) is 1. The molecule has 6 nitrogen and oxygen atoms in total. The molecule has 2 atom stereocenters. The van der Waals surface area contributed by atoms with Crippen LogP contribution in [0.25, 0.3) is 11.1 Å². The van der Waals surface area contributed by atoms with E-state index in [0.717, 1.165) is 47.1 Å². The minimum Gasteiger partial charge on any atom is -0.497 e. The number of carbonyl (C=O) groups excluding carboxylic acids is 1. The van der Waals surface area contributed by atoms with Gasteiger partial charge in [-0.25, -0.2) is 4.79 Å². The molecular weight excluding hydrogens is 492 g/mol. The number of esters is 1. The number of aliphatic hydroxyl groups is 1. The molecule has 0 radical (unpaired) electrons. The molecule has 0 spiro atoms. The first-order valence-corrected chi connectivity index (χ1v) is 13.8. The van der Waals surface area contributed by atoms with Crippen LogP contribution in [0.3, 0.4) is 0 Å². The summed E-state index contributed by atoms with van der Waals surface area (Å²) in [4.78, 5) is 14.0. The maximum absolute atomic E-state index is 14.0. The highest BCUT2D eigenvalue weighted by atomic mass is 16.7. The van der Waals surface area contributed by atoms with Crippen LogP contribution in [0.5, 0.6) is 17.2 Å². The SMILES string of the molecule is CCCCCc1cc2c(c3c1C(=O)OC(CC(C)O)(c1ccc(OC)cc1)O3)-c1cc(C)ccc1C(C)(C)O2. The normalized spacial score (nSPS) is 19.5. The van der Waals surface area contributed by atoms with Crippen LogP contribution >= 0.6 is 0 Å². The van der Waals surface area contributed by atoms with Crippen LogP contribution in [0.2, 0.25) is 0 Å². The van der Waals surface area contributed by atoms with Crippen LogP contribution in [0.4, 0.5) is 0 Å². The van der Waals surface area contributed by atoms with E-state index in [1.165, 1.54) is 0 Å². The monoisotopic (exact) mass is 530 g/mol. The molecule has 3 aromatic rings. The summed E-state index contributed by atoms with van der Waals surface area (Å²) < 4.78 is 25.0. The third-order valence-electron chi connectivity index (χ3n) is 7.66. The summed E-state index contributed by atoms with van der Waals surface area (Å²) in [5.74, 6) is -0.157. The number of methoxy groups -OCH3 is 1. The Labute approximate surface area is 230 Å². The summed E-state index contributed by atoms with van der Waals surface area (Å²) in [6, 6.07) is 15.5. The third-order valence-corrected chi connectivity index (χ3v) is 7.66. The zero-order chi connectivity index (χ0) is 27.9. The average Bonchev–Trinajstić information content (AvgIpc) is 2.87. The number of aliphatic hydroxyl groups excluding tert-OH is 1. The number of unbranched alkanes of at least 4 members (excludes halogenated alkanes) is 2. The summed E-state index contributed by atoms with van der Waals surface area (Å²) >= 11 is 0. The van der Waals surface area contributed by atoms with Crippen molar-refractivity contribution in [2.45, 2.75) is 84.2 Å². The minimum atomic E-state index is -1.52. The number of aryl methyl sites for hydroxylation is 2. The molecule has 206 valence electrons. The number of benzene rings is 3. The first-order chi connectivity index (χ1) is 18.6. The van der Waals surface area contributed by atoms with E-state index >= 15 is 0 Å². The van der Waals surface area contributed by atoms with Crippen LogP contribution in [0, 0.1) is 6.92 Å². The standard InChI is InChI=1S/C33H38O6/c1-7-8-9-10-22-18-27-29(25-17-20(2)11-16-26(25)32(4,5)37-27)30-28(22)31(35)39-33(38-30,19-21(3)34)23-12-14-24(36-6)15-13-23/h11-18,21,34H,7-10,19H2,1-6H3. The molecular formula is C33H38O6. The molecule has 39 heavy (non-hydrogen) atoms. The zero-order valence-corrected chi connectivity index (χ0v) is 23.7. The fourth-order valence-electron chi connectivity index (χ4n) is 5.77. The van der Waals surface area contributed by atoms with Gasteiger partial charge in [0.25, 0.3) is 5.79 Å². The van der Waals surface area contributed by atoms with Crippen LogP contribution in [0.15, 0.2) is 48.5 Å². The van der Waals surface area contributed by atoms with E-state index in [0.29, 0.717) is 34.8 Å². The first-order valence-electron chi connectivity index (χ1n) is 13.8. The molecule has 0 aliphatic carbocycles. The van der Waals surface area contributed by atoms with Crippen molar-refractivity contribution in [1.29, 1.82) is 0 Å². The lowest BCUT2D eigenvalue weighted by Gasteiger charge is -2.42. The predicted octanol–water partition coefficient (Wildman–Crippen LogP) is 7.20. The van der Waals surface area contributed by atoms with Crippen molar-refractivity contribution in [1.82, 2.24) is 0 Å². The highest BCUT2D eigenvalue weighted by Crippen LogP contribution is 2.55. The van der Waals surface area contributed by atoms with Gasteiger partial charge in [0.2, 0.25) is 0 Å². The second-order valence-corrected chi connectivity index (χ2v) is 11.3. The molecule has 2 aliphatic rings. The Kier molecular flexibility index (Phi) is 7.10. The lowest BCUT2D eigenvalue weighted by molar-refractivity contribution is -0.179. The Hall–Kier alpha value is -3.51. The lowest BCUT2D eigenvalue weighted by atomic mass is 9.82. The van der Waals surface area contributed by atoms with E-state index in [2.05, 4.69) is 45.9 Å². The van der Waals surface area contributed by atoms with E-state index in [-0.39, 0.29) is 6.42 Å². The van der Waals surface area contributed by atoms with Crippen LogP contribution in [-0.4, -0.2) is 24.3 Å². The van der Waals surface area contributed by atoms with E-state index in [4.69, 9.17) is 18.9 Å². The molecule has 0 bridgehead atoms. The van der Waals surface area contributed by atoms with Gasteiger partial charge < -0.3 is 24.1 Å². The number of carbonyl (C=O) groups is 1. The van der Waals surface area contributed by atoms with Crippen LogP contribution in [0.1, 0.15) is 86.0 Å². The molecule has 0 saturated carbocycles. The van der Waals surface area contributed by atoms with Gasteiger partial charge in [-0.15, -0.1) is 0 Å². The Morgan fingerprint density at radius 2 is 1.72 bits per heavy atom. The number of fused-ring (bicyclic) bond motifs is 5. The molecule has 0 aromatic heterocycles. The second kappa shape index (κ2) is 10.2. The molecule has 2 unspecified atom stereocenters. The second-order valence-electron chi connectivity index (χ2n) is 11.3. The van der Waals surface area contributed by atoms with Gasteiger partial charge in [0.05, 0.1) is 25.2 Å². The molecule has 2 heterocycles. The van der Waals surface area contributed by atoms with Crippen molar-refractivity contribution in [3.8, 4) is 28.4 Å². The summed E-state index contributed by atoms with van der Waals surface area (Å²) in [7, 11) is 1.60. The average molecular weight is 531 g/mol. The number of ether oxygens (including phenoxy) is 4. The fraction of sp³-hybridized carbons (Fsp3) is 0.424. The summed E-state index contributed by atoms with van der Waals surface area (Å²) in [5, 5.41) is 10.5. The van der Waals surface area contributed by atoms with Gasteiger partial charge in [0, 0.05) is 11.1 Å². The van der Waals surface area contributed by atoms with Crippen molar-refractivity contribution in [3.05, 3.63) is 76.3 Å². The van der Waals surface area contributed by atoms with Gasteiger partial charge in [0.1, 0.15) is 22.7 Å². The Morgan fingerprint density at radius 1 is 0.974 bits per heavy atom. The molecule has 1 N–H and O–H groups in total. The van der Waals surface area contributed by atoms with Crippen LogP contribution < -0.4 is 14.2 Å². The highest BCUT2D eigenvalue weighted by Gasteiger charge is 2.49. The summed E-state index contributed by atoms with van der Waals surface area (Å²) in [5.41, 5.74) is 5.21. The van der Waals surface area contributed by atoms with E-state index in [1.54, 1.807) is 26.2 Å². The van der Waals surface area contributed by atoms with Crippen molar-refractivity contribution in [2.24, 2.45) is 0 Å². The number of hydrogen-bond donors (Lipinski definition) is 1. The Bertz CT molecular complexity index is 1390. The quantitative estimate of drug-likeness (QED) is 0.245. The molecule has 0 fully saturated rings. The fourth-order valence-corrected chi connectivity index (χ4v) is 5.77. The maximum Gasteiger partial charge on any atom is 0.345 e. The largest absolute Gasteiger partial charge is 0.497 e. The molecule has 3 aromatic carbocycles. The third kappa shape index (κ3) is 4.87. The Balaban J connectivity index is 1.77.